The van der Waals surface area contributed by atoms with E-state index in [9.17, 15) is 23.5 Å². The van der Waals surface area contributed by atoms with E-state index >= 15 is 0 Å². The van der Waals surface area contributed by atoms with Crippen LogP contribution in [-0.4, -0.2) is 43.3 Å². The molecule has 12 heteroatoms. The van der Waals surface area contributed by atoms with Crippen molar-refractivity contribution in [2.45, 2.75) is 44.2 Å². The van der Waals surface area contributed by atoms with Gasteiger partial charge in [-0.3, -0.25) is 9.59 Å². The predicted molar refractivity (Wildman–Crippen MR) is 151 cm³/mol. The Bertz CT molecular complexity index is 1620. The number of nitrogens with zero attached hydrogens (tertiary/aromatic N) is 3. The molecule has 5 rings (SSSR count). The van der Waals surface area contributed by atoms with Crippen molar-refractivity contribution in [1.82, 2.24) is 20.1 Å². The molecule has 0 radical (unpaired) electrons. The van der Waals surface area contributed by atoms with Crippen molar-refractivity contribution in [1.29, 1.82) is 0 Å². The van der Waals surface area contributed by atoms with Crippen LogP contribution in [0.1, 0.15) is 53.5 Å². The van der Waals surface area contributed by atoms with E-state index in [4.69, 9.17) is 17.3 Å². The molecule has 1 fully saturated rings. The maximum atomic E-state index is 14.5. The summed E-state index contributed by atoms with van der Waals surface area (Å²) in [5.74, 6) is -3.33. The Hall–Kier alpha value is -4.35. The van der Waals surface area contributed by atoms with Crippen molar-refractivity contribution < 1.29 is 23.5 Å². The van der Waals surface area contributed by atoms with E-state index in [1.807, 2.05) is 6.07 Å². The Kier molecular flexibility index (Phi) is 7.74. The lowest BCUT2D eigenvalue weighted by Crippen LogP contribution is -2.42. The second kappa shape index (κ2) is 11.3. The molecule has 0 spiro atoms. The zero-order valence-electron chi connectivity index (χ0n) is 22.0. The molecule has 2 amide bonds. The van der Waals surface area contributed by atoms with Gasteiger partial charge in [-0.05, 0) is 56.9 Å². The van der Waals surface area contributed by atoms with E-state index in [0.29, 0.717) is 37.4 Å². The Labute approximate surface area is 239 Å². The molecule has 0 bridgehead atoms. The van der Waals surface area contributed by atoms with E-state index in [-0.39, 0.29) is 39.4 Å². The fourth-order valence-corrected chi connectivity index (χ4v) is 4.91. The summed E-state index contributed by atoms with van der Waals surface area (Å²) in [5, 5.41) is 20.4. The summed E-state index contributed by atoms with van der Waals surface area (Å²) in [6.45, 7) is 1.78. The normalized spacial score (nSPS) is 18.6. The van der Waals surface area contributed by atoms with Crippen LogP contribution in [0.25, 0.3) is 16.9 Å². The summed E-state index contributed by atoms with van der Waals surface area (Å²) in [5.41, 5.74) is 5.34. The van der Waals surface area contributed by atoms with Gasteiger partial charge in [0.15, 0.2) is 23.1 Å². The van der Waals surface area contributed by atoms with Crippen LogP contribution in [0, 0.1) is 11.6 Å². The molecule has 4 aromatic rings. The molecule has 2 aromatic carbocycles. The number of carbonyl (C=O) groups is 2. The predicted octanol–water partition coefficient (Wildman–Crippen LogP) is 5.12. The summed E-state index contributed by atoms with van der Waals surface area (Å²) >= 11 is 6.32. The first kappa shape index (κ1) is 28.2. The first-order chi connectivity index (χ1) is 19.5. The van der Waals surface area contributed by atoms with Crippen LogP contribution in [0.15, 0.2) is 60.7 Å². The molecule has 0 saturated heterocycles. The minimum atomic E-state index is -0.998. The third-order valence-corrected chi connectivity index (χ3v) is 7.35. The number of aromatic nitrogens is 3. The van der Waals surface area contributed by atoms with Crippen LogP contribution in [0.3, 0.4) is 0 Å². The zero-order valence-corrected chi connectivity index (χ0v) is 22.8. The van der Waals surface area contributed by atoms with Crippen molar-refractivity contribution in [2.24, 2.45) is 0 Å². The van der Waals surface area contributed by atoms with Gasteiger partial charge in [0.25, 0.3) is 11.8 Å². The number of pyridine rings is 1. The van der Waals surface area contributed by atoms with Gasteiger partial charge in [-0.2, -0.15) is 5.10 Å². The topological polar surface area (TPSA) is 135 Å². The minimum Gasteiger partial charge on any atom is -0.390 e. The molecule has 0 unspecified atom stereocenters. The fraction of sp³-hybridized carbons (Fsp3) is 0.241. The molecular weight excluding hydrogens is 554 g/mol. The van der Waals surface area contributed by atoms with Crippen molar-refractivity contribution in [3.05, 3.63) is 88.6 Å². The molecule has 0 aliphatic heterocycles. The third-order valence-electron chi connectivity index (χ3n) is 7.02. The lowest BCUT2D eigenvalue weighted by Gasteiger charge is -2.33. The van der Waals surface area contributed by atoms with Gasteiger partial charge in [0.1, 0.15) is 11.5 Å². The van der Waals surface area contributed by atoms with Gasteiger partial charge in [-0.15, -0.1) is 0 Å². The highest BCUT2D eigenvalue weighted by Crippen LogP contribution is 2.30. The lowest BCUT2D eigenvalue weighted by atomic mass is 9.83. The largest absolute Gasteiger partial charge is 0.390 e. The first-order valence-electron chi connectivity index (χ1n) is 12.9. The van der Waals surface area contributed by atoms with Crippen LogP contribution >= 0.6 is 11.6 Å². The first-order valence-corrected chi connectivity index (χ1v) is 13.3. The number of hydrogen-bond acceptors (Lipinski definition) is 6. The fourth-order valence-electron chi connectivity index (χ4n) is 4.70. The standard InChI is InChI=1S/C29H27ClF2N6O3/c1-29(41)11-9-17(10-12-29)34-28(40)23-15-24(38(37-23)18-5-3-2-4-6-18)35-27(39)19-13-16(7-8-20(19)30)25-21(31)14-22(32)26(33)36-25/h2-8,13-15,17,41H,9-12H2,1H3,(H2,33,36)(H,34,40)(H,35,39)/t17-,29-. The molecule has 212 valence electrons. The van der Waals surface area contributed by atoms with Crippen molar-refractivity contribution >= 4 is 35.1 Å². The van der Waals surface area contributed by atoms with Gasteiger partial charge in [-0.1, -0.05) is 35.9 Å². The summed E-state index contributed by atoms with van der Waals surface area (Å²) < 4.78 is 29.5. The number of para-hydroxylation sites is 1. The Morgan fingerprint density at radius 1 is 1.05 bits per heavy atom. The van der Waals surface area contributed by atoms with E-state index in [2.05, 4.69) is 20.7 Å². The number of rotatable bonds is 6. The highest BCUT2D eigenvalue weighted by molar-refractivity contribution is 6.34. The van der Waals surface area contributed by atoms with Crippen LogP contribution in [0.2, 0.25) is 5.02 Å². The SMILES string of the molecule is C[C@]1(O)CC[C@H](NC(=O)c2cc(NC(=O)c3cc(-c4nc(N)c(F)cc4F)ccc3Cl)n(-c3ccccc3)n2)CC1. The molecule has 2 aromatic heterocycles. The molecular formula is C29H27ClF2N6O3. The van der Waals surface area contributed by atoms with Crippen molar-refractivity contribution in [3.63, 3.8) is 0 Å². The average molecular weight is 581 g/mol. The number of carbonyl (C=O) groups excluding carboxylic acids is 2. The molecule has 0 atom stereocenters. The maximum Gasteiger partial charge on any atom is 0.272 e. The summed E-state index contributed by atoms with van der Waals surface area (Å²) in [7, 11) is 0. The second-order valence-corrected chi connectivity index (χ2v) is 10.6. The number of hydrogen-bond donors (Lipinski definition) is 4. The second-order valence-electron chi connectivity index (χ2n) is 10.2. The monoisotopic (exact) mass is 580 g/mol. The highest BCUT2D eigenvalue weighted by Gasteiger charge is 2.30. The number of nitrogens with one attached hydrogen (secondary N) is 2. The molecule has 5 N–H and O–H groups in total. The van der Waals surface area contributed by atoms with Gasteiger partial charge in [0.2, 0.25) is 0 Å². The third kappa shape index (κ3) is 6.21. The van der Waals surface area contributed by atoms with Gasteiger partial charge in [0, 0.05) is 23.7 Å². The molecule has 2 heterocycles. The summed E-state index contributed by atoms with van der Waals surface area (Å²) in [6, 6.07) is 15.0. The van der Waals surface area contributed by atoms with E-state index in [1.165, 1.54) is 28.9 Å². The Balaban J connectivity index is 1.43. The summed E-state index contributed by atoms with van der Waals surface area (Å²) in [6.07, 6.45) is 2.40. The molecule has 1 aliphatic rings. The average Bonchev–Trinajstić information content (AvgIpc) is 3.36. The highest BCUT2D eigenvalue weighted by atomic mass is 35.5. The number of nitrogens with two attached hydrogens (primary N) is 1. The van der Waals surface area contributed by atoms with Crippen LogP contribution in [-0.2, 0) is 0 Å². The van der Waals surface area contributed by atoms with E-state index < -0.39 is 34.9 Å². The lowest BCUT2D eigenvalue weighted by molar-refractivity contribution is 0.0140. The molecule has 41 heavy (non-hydrogen) atoms. The minimum absolute atomic E-state index is 0.0191. The van der Waals surface area contributed by atoms with E-state index in [0.717, 1.165) is 0 Å². The van der Waals surface area contributed by atoms with Gasteiger partial charge < -0.3 is 21.5 Å². The zero-order chi connectivity index (χ0) is 29.3. The quantitative estimate of drug-likeness (QED) is 0.250. The number of amides is 2. The number of aliphatic hydroxyl groups is 1. The molecule has 1 aliphatic carbocycles. The Morgan fingerprint density at radius 2 is 1.76 bits per heavy atom. The number of anilines is 2. The number of halogens is 3. The van der Waals surface area contributed by atoms with Crippen LogP contribution in [0.5, 0.6) is 0 Å². The van der Waals surface area contributed by atoms with E-state index in [1.54, 1.807) is 31.2 Å². The summed E-state index contributed by atoms with van der Waals surface area (Å²) in [4.78, 5) is 30.3. The van der Waals surface area contributed by atoms with Crippen LogP contribution < -0.4 is 16.4 Å². The maximum absolute atomic E-state index is 14.5. The smallest absolute Gasteiger partial charge is 0.272 e. The number of benzene rings is 2. The van der Waals surface area contributed by atoms with Gasteiger partial charge >= 0.3 is 0 Å². The Morgan fingerprint density at radius 3 is 2.46 bits per heavy atom. The molecule has 1 saturated carbocycles. The van der Waals surface area contributed by atoms with Crippen molar-refractivity contribution in [2.75, 3.05) is 11.1 Å². The molecule has 9 nitrogen and oxygen atoms in total. The van der Waals surface area contributed by atoms with Crippen LogP contribution in [0.4, 0.5) is 20.4 Å². The van der Waals surface area contributed by atoms with Gasteiger partial charge in [0.05, 0.1) is 21.9 Å². The van der Waals surface area contributed by atoms with Crippen molar-refractivity contribution in [3.8, 4) is 16.9 Å². The van der Waals surface area contributed by atoms with Gasteiger partial charge in [-0.25, -0.2) is 18.4 Å². The number of nitrogen functional groups attached to an aromatic ring is 1.